The van der Waals surface area contributed by atoms with Crippen LogP contribution >= 0.6 is 0 Å². The van der Waals surface area contributed by atoms with Gasteiger partial charge in [-0.15, -0.1) is 0 Å². The Hall–Kier alpha value is -2.09. The lowest BCUT2D eigenvalue weighted by Gasteiger charge is -2.07. The average molecular weight is 548 g/mol. The summed E-state index contributed by atoms with van der Waals surface area (Å²) >= 11 is 0. The van der Waals surface area contributed by atoms with Crippen LogP contribution in [-0.2, 0) is 6.42 Å². The fourth-order valence-electron chi connectivity index (χ4n) is 5.32. The van der Waals surface area contributed by atoms with Gasteiger partial charge in [0.05, 0.1) is 12.3 Å². The van der Waals surface area contributed by atoms with Crippen molar-refractivity contribution >= 4 is 11.9 Å². The monoisotopic (exact) mass is 547 g/mol. The van der Waals surface area contributed by atoms with Crippen LogP contribution in [0.25, 0.3) is 0 Å². The first-order valence-corrected chi connectivity index (χ1v) is 17.2. The predicted octanol–water partition coefficient (Wildman–Crippen LogP) is 12.6. The van der Waals surface area contributed by atoms with Crippen molar-refractivity contribution < 1.29 is 4.74 Å². The molecule has 0 atom stereocenters. The molecule has 0 saturated carbocycles. The zero-order chi connectivity index (χ0) is 28.4. The normalized spacial score (nSPS) is 11.4. The number of aryl methyl sites for hydroxylation is 1. The predicted molar refractivity (Wildman–Crippen MR) is 178 cm³/mol. The molecular weight excluding hydrogens is 486 g/mol. The molecule has 2 nitrogen and oxygen atoms in total. The van der Waals surface area contributed by atoms with Gasteiger partial charge in [0.25, 0.3) is 0 Å². The first-order valence-electron chi connectivity index (χ1n) is 17.2. The molecule has 0 aliphatic carbocycles. The van der Waals surface area contributed by atoms with E-state index in [0.717, 1.165) is 30.0 Å². The van der Waals surface area contributed by atoms with Gasteiger partial charge in [0.15, 0.2) is 0 Å². The van der Waals surface area contributed by atoms with Crippen molar-refractivity contribution in [3.63, 3.8) is 0 Å². The second-order valence-electron chi connectivity index (χ2n) is 11.8. The van der Waals surface area contributed by atoms with Gasteiger partial charge in [-0.2, -0.15) is 0 Å². The Morgan fingerprint density at radius 2 is 0.950 bits per heavy atom. The standard InChI is InChI=1S/C38H61NO/c1-3-5-7-9-10-11-12-13-14-15-16-17-18-19-21-23-33-40-38-31-27-36(28-32-38)34-39-37-29-25-35(26-30-37)24-22-20-8-6-4-2/h25-32,34H,3-24,33H2,1-2H3. The van der Waals surface area contributed by atoms with Gasteiger partial charge in [0.2, 0.25) is 0 Å². The fraction of sp³-hybridized carbons (Fsp3) is 0.658. The molecule has 0 amide bonds. The minimum Gasteiger partial charge on any atom is -0.494 e. The molecule has 2 rings (SSSR count). The van der Waals surface area contributed by atoms with Crippen LogP contribution < -0.4 is 4.74 Å². The summed E-state index contributed by atoms with van der Waals surface area (Å²) in [5.74, 6) is 0.960. The van der Waals surface area contributed by atoms with Crippen molar-refractivity contribution in [2.45, 2.75) is 155 Å². The smallest absolute Gasteiger partial charge is 0.119 e. The summed E-state index contributed by atoms with van der Waals surface area (Å²) in [5.41, 5.74) is 3.54. The summed E-state index contributed by atoms with van der Waals surface area (Å²) in [4.78, 5) is 4.65. The second-order valence-corrected chi connectivity index (χ2v) is 11.8. The quantitative estimate of drug-likeness (QED) is 0.0847. The second kappa shape index (κ2) is 24.7. The van der Waals surface area contributed by atoms with Gasteiger partial charge in [0.1, 0.15) is 5.75 Å². The van der Waals surface area contributed by atoms with E-state index in [1.54, 1.807) is 0 Å². The molecule has 0 aromatic heterocycles. The van der Waals surface area contributed by atoms with Crippen LogP contribution in [0.5, 0.6) is 5.75 Å². The highest BCUT2D eigenvalue weighted by Gasteiger charge is 1.98. The van der Waals surface area contributed by atoms with Crippen molar-refractivity contribution in [2.24, 2.45) is 4.99 Å². The van der Waals surface area contributed by atoms with Crippen LogP contribution in [0, 0.1) is 0 Å². The number of rotatable bonds is 26. The van der Waals surface area contributed by atoms with Crippen molar-refractivity contribution in [3.8, 4) is 5.75 Å². The molecule has 0 unspecified atom stereocenters. The van der Waals surface area contributed by atoms with Crippen molar-refractivity contribution in [3.05, 3.63) is 59.7 Å². The highest BCUT2D eigenvalue weighted by molar-refractivity contribution is 5.82. The molecule has 0 radical (unpaired) electrons. The molecular formula is C38H61NO. The molecule has 2 aromatic carbocycles. The minimum absolute atomic E-state index is 0.816. The largest absolute Gasteiger partial charge is 0.494 e. The maximum atomic E-state index is 5.97. The molecule has 2 aromatic rings. The van der Waals surface area contributed by atoms with Crippen molar-refractivity contribution in [1.82, 2.24) is 0 Å². The Kier molecular flexibility index (Phi) is 21.1. The van der Waals surface area contributed by atoms with Crippen molar-refractivity contribution in [2.75, 3.05) is 6.61 Å². The van der Waals surface area contributed by atoms with Gasteiger partial charge in [0, 0.05) is 6.21 Å². The summed E-state index contributed by atoms with van der Waals surface area (Å²) in [7, 11) is 0. The molecule has 0 aliphatic rings. The van der Waals surface area contributed by atoms with E-state index in [0.29, 0.717) is 0 Å². The number of aliphatic imine (C=N–C) groups is 1. The number of ether oxygens (including phenoxy) is 1. The summed E-state index contributed by atoms with van der Waals surface area (Å²) in [6.45, 7) is 5.38. The topological polar surface area (TPSA) is 21.6 Å². The molecule has 0 heterocycles. The van der Waals surface area contributed by atoms with E-state index in [4.69, 9.17) is 4.74 Å². The number of unbranched alkanes of at least 4 members (excludes halogenated alkanes) is 19. The van der Waals surface area contributed by atoms with E-state index >= 15 is 0 Å². The number of hydrogen-bond donors (Lipinski definition) is 0. The zero-order valence-electron chi connectivity index (χ0n) is 26.3. The third-order valence-electron chi connectivity index (χ3n) is 8.01. The number of benzene rings is 2. The summed E-state index contributed by atoms with van der Waals surface area (Å²) < 4.78 is 5.97. The van der Waals surface area contributed by atoms with Gasteiger partial charge in [-0.05, 0) is 66.8 Å². The third-order valence-corrected chi connectivity index (χ3v) is 8.01. The maximum Gasteiger partial charge on any atom is 0.119 e. The molecule has 0 fully saturated rings. The lowest BCUT2D eigenvalue weighted by molar-refractivity contribution is 0.304. The average Bonchev–Trinajstić information content (AvgIpc) is 2.99. The molecule has 2 heteroatoms. The van der Waals surface area contributed by atoms with E-state index in [-0.39, 0.29) is 0 Å². The summed E-state index contributed by atoms with van der Waals surface area (Å²) in [6.07, 6.45) is 32.1. The zero-order valence-corrected chi connectivity index (χ0v) is 26.3. The van der Waals surface area contributed by atoms with Crippen LogP contribution in [0.3, 0.4) is 0 Å². The van der Waals surface area contributed by atoms with Crippen LogP contribution in [0.15, 0.2) is 53.5 Å². The first kappa shape index (κ1) is 34.1. The highest BCUT2D eigenvalue weighted by atomic mass is 16.5. The van der Waals surface area contributed by atoms with Gasteiger partial charge in [-0.1, -0.05) is 148 Å². The molecule has 0 bridgehead atoms. The molecule has 0 aliphatic heterocycles. The van der Waals surface area contributed by atoms with Crippen LogP contribution in [0.2, 0.25) is 0 Å². The molecule has 40 heavy (non-hydrogen) atoms. The summed E-state index contributed by atoms with van der Waals surface area (Å²) in [6, 6.07) is 17.0. The van der Waals surface area contributed by atoms with E-state index in [2.05, 4.69) is 67.4 Å². The van der Waals surface area contributed by atoms with Crippen LogP contribution in [0.4, 0.5) is 5.69 Å². The van der Waals surface area contributed by atoms with Gasteiger partial charge in [-0.3, -0.25) is 4.99 Å². The molecule has 0 N–H and O–H groups in total. The lowest BCUT2D eigenvalue weighted by atomic mass is 10.0. The Labute approximate surface area is 248 Å². The lowest BCUT2D eigenvalue weighted by Crippen LogP contribution is -1.97. The van der Waals surface area contributed by atoms with Crippen molar-refractivity contribution in [1.29, 1.82) is 0 Å². The maximum absolute atomic E-state index is 5.97. The summed E-state index contributed by atoms with van der Waals surface area (Å²) in [5, 5.41) is 0. The van der Waals surface area contributed by atoms with E-state index < -0.39 is 0 Å². The molecule has 0 saturated heterocycles. The van der Waals surface area contributed by atoms with Gasteiger partial charge in [-0.25, -0.2) is 0 Å². The number of nitrogens with zero attached hydrogens (tertiary/aromatic N) is 1. The highest BCUT2D eigenvalue weighted by Crippen LogP contribution is 2.18. The van der Waals surface area contributed by atoms with Crippen LogP contribution in [-0.4, -0.2) is 12.8 Å². The Morgan fingerprint density at radius 1 is 0.500 bits per heavy atom. The first-order chi connectivity index (χ1) is 19.8. The third kappa shape index (κ3) is 18.3. The SMILES string of the molecule is CCCCCCCCCCCCCCCCCCOc1ccc(C=Nc2ccc(CCCCCCC)cc2)cc1. The minimum atomic E-state index is 0.816. The van der Waals surface area contributed by atoms with E-state index in [1.807, 2.05) is 6.21 Å². The molecule has 0 spiro atoms. The fourth-order valence-corrected chi connectivity index (χ4v) is 5.32. The van der Waals surface area contributed by atoms with Gasteiger partial charge >= 0.3 is 0 Å². The van der Waals surface area contributed by atoms with Crippen LogP contribution in [0.1, 0.15) is 160 Å². The Bertz CT molecular complexity index is 839. The number of hydrogen-bond acceptors (Lipinski definition) is 2. The Morgan fingerprint density at radius 3 is 1.45 bits per heavy atom. The van der Waals surface area contributed by atoms with E-state index in [1.165, 1.54) is 140 Å². The van der Waals surface area contributed by atoms with E-state index in [9.17, 15) is 0 Å². The Balaban J connectivity index is 1.44. The van der Waals surface area contributed by atoms with Gasteiger partial charge < -0.3 is 4.74 Å². The molecule has 224 valence electrons.